The van der Waals surface area contributed by atoms with Crippen molar-refractivity contribution in [3.8, 4) is 0 Å². The second-order valence-electron chi connectivity index (χ2n) is 6.68. The number of aliphatic imine (C=N–C) groups is 1. The van der Waals surface area contributed by atoms with E-state index in [1.807, 2.05) is 0 Å². The number of halogens is 1. The number of nitrogens with zero attached hydrogens (tertiary/aromatic N) is 2. The number of hydrogen-bond acceptors (Lipinski definition) is 3. The van der Waals surface area contributed by atoms with Crippen LogP contribution in [-0.4, -0.2) is 49.7 Å². The van der Waals surface area contributed by atoms with Crippen molar-refractivity contribution >= 4 is 29.9 Å². The Balaban J connectivity index is 0.00000243. The topological polar surface area (TPSA) is 48.9 Å². The lowest BCUT2D eigenvalue weighted by Gasteiger charge is -2.26. The van der Waals surface area contributed by atoms with Crippen LogP contribution in [0.15, 0.2) is 41.4 Å². The Morgan fingerprint density at radius 1 is 1.12 bits per heavy atom. The van der Waals surface area contributed by atoms with Crippen molar-refractivity contribution in [1.82, 2.24) is 15.5 Å². The molecule has 1 aliphatic heterocycles. The van der Waals surface area contributed by atoms with Crippen LogP contribution in [0.1, 0.15) is 30.9 Å². The minimum Gasteiger partial charge on any atom is -0.379 e. The van der Waals surface area contributed by atoms with Gasteiger partial charge in [0.15, 0.2) is 5.96 Å². The summed E-state index contributed by atoms with van der Waals surface area (Å²) >= 11 is 0. The lowest BCUT2D eigenvalue weighted by Crippen LogP contribution is -2.42. The van der Waals surface area contributed by atoms with Gasteiger partial charge >= 0.3 is 0 Å². The predicted octanol–water partition coefficient (Wildman–Crippen LogP) is 2.91. The summed E-state index contributed by atoms with van der Waals surface area (Å²) in [5, 5.41) is 6.85. The number of ether oxygens (including phenoxy) is 1. The molecule has 0 spiro atoms. The van der Waals surface area contributed by atoms with E-state index in [0.717, 1.165) is 58.2 Å². The molecule has 3 rings (SSSR count). The van der Waals surface area contributed by atoms with Crippen LogP contribution in [0, 0.1) is 0 Å². The van der Waals surface area contributed by atoms with Crippen LogP contribution in [0.4, 0.5) is 0 Å². The zero-order chi connectivity index (χ0) is 17.3. The lowest BCUT2D eigenvalue weighted by molar-refractivity contribution is 0.0342. The number of benzene rings is 1. The van der Waals surface area contributed by atoms with Gasteiger partial charge in [-0.3, -0.25) is 4.90 Å². The zero-order valence-electron chi connectivity index (χ0n) is 15.6. The fourth-order valence-electron chi connectivity index (χ4n) is 3.19. The van der Waals surface area contributed by atoms with Crippen LogP contribution in [0.25, 0.3) is 0 Å². The van der Waals surface area contributed by atoms with Crippen molar-refractivity contribution in [2.45, 2.75) is 38.9 Å². The minimum atomic E-state index is 0. The highest BCUT2D eigenvalue weighted by Crippen LogP contribution is 2.11. The number of rotatable bonds is 6. The third-order valence-corrected chi connectivity index (χ3v) is 4.65. The SMILES string of the molecule is CCNC(=NCc1ccc(CN2CCOCC2)cc1)NC1CC=CC1.I. The van der Waals surface area contributed by atoms with Gasteiger partial charge in [0.1, 0.15) is 0 Å². The normalized spacial score (nSPS) is 18.6. The fraction of sp³-hybridized carbons (Fsp3) is 0.550. The average molecular weight is 470 g/mol. The molecule has 144 valence electrons. The van der Waals surface area contributed by atoms with Crippen LogP contribution in [0.3, 0.4) is 0 Å². The van der Waals surface area contributed by atoms with E-state index in [9.17, 15) is 0 Å². The van der Waals surface area contributed by atoms with Gasteiger partial charge in [-0.05, 0) is 30.9 Å². The van der Waals surface area contributed by atoms with Crippen LogP contribution < -0.4 is 10.6 Å². The molecule has 1 aromatic carbocycles. The molecule has 2 aliphatic rings. The molecule has 1 aliphatic carbocycles. The fourth-order valence-corrected chi connectivity index (χ4v) is 3.19. The van der Waals surface area contributed by atoms with Crippen LogP contribution >= 0.6 is 24.0 Å². The molecule has 0 radical (unpaired) electrons. The van der Waals surface area contributed by atoms with Crippen molar-refractivity contribution in [2.75, 3.05) is 32.8 Å². The Kier molecular flexibility index (Phi) is 9.42. The Bertz CT molecular complexity index is 574. The van der Waals surface area contributed by atoms with Gasteiger partial charge in [0, 0.05) is 32.2 Å². The molecule has 26 heavy (non-hydrogen) atoms. The van der Waals surface area contributed by atoms with Gasteiger partial charge in [0.25, 0.3) is 0 Å². The highest BCUT2D eigenvalue weighted by atomic mass is 127. The maximum Gasteiger partial charge on any atom is 0.191 e. The lowest BCUT2D eigenvalue weighted by atomic mass is 10.1. The Morgan fingerprint density at radius 2 is 1.77 bits per heavy atom. The molecule has 0 bridgehead atoms. The van der Waals surface area contributed by atoms with Crippen LogP contribution in [0.5, 0.6) is 0 Å². The Labute approximate surface area is 174 Å². The van der Waals surface area contributed by atoms with Gasteiger partial charge in [-0.25, -0.2) is 4.99 Å². The molecule has 0 saturated carbocycles. The van der Waals surface area contributed by atoms with E-state index in [1.165, 1.54) is 11.1 Å². The van der Waals surface area contributed by atoms with E-state index in [1.54, 1.807) is 0 Å². The third-order valence-electron chi connectivity index (χ3n) is 4.65. The molecule has 1 heterocycles. The van der Waals surface area contributed by atoms with Gasteiger partial charge < -0.3 is 15.4 Å². The van der Waals surface area contributed by atoms with E-state index in [2.05, 4.69) is 58.9 Å². The second kappa shape index (κ2) is 11.6. The maximum atomic E-state index is 5.41. The summed E-state index contributed by atoms with van der Waals surface area (Å²) < 4.78 is 5.41. The zero-order valence-corrected chi connectivity index (χ0v) is 17.9. The predicted molar refractivity (Wildman–Crippen MR) is 118 cm³/mol. The largest absolute Gasteiger partial charge is 0.379 e. The Hall–Kier alpha value is -1.12. The first kappa shape index (κ1) is 21.2. The highest BCUT2D eigenvalue weighted by Gasteiger charge is 2.12. The minimum absolute atomic E-state index is 0. The standard InChI is InChI=1S/C20H30N4O.HI/c1-2-21-20(23-19-5-3-4-6-19)22-15-17-7-9-18(10-8-17)16-24-11-13-25-14-12-24;/h3-4,7-10,19H,2,5-6,11-16H2,1H3,(H2,21,22,23);1H. The maximum absolute atomic E-state index is 5.41. The van der Waals surface area contributed by atoms with E-state index in [-0.39, 0.29) is 24.0 Å². The van der Waals surface area contributed by atoms with Crippen molar-refractivity contribution < 1.29 is 4.74 Å². The molecule has 6 heteroatoms. The van der Waals surface area contributed by atoms with Crippen molar-refractivity contribution in [2.24, 2.45) is 4.99 Å². The summed E-state index contributed by atoms with van der Waals surface area (Å²) in [5.41, 5.74) is 2.60. The van der Waals surface area contributed by atoms with Gasteiger partial charge in [0.2, 0.25) is 0 Å². The number of hydrogen-bond donors (Lipinski definition) is 2. The molecular weight excluding hydrogens is 439 g/mol. The molecule has 2 N–H and O–H groups in total. The van der Waals surface area contributed by atoms with E-state index in [4.69, 9.17) is 9.73 Å². The quantitative estimate of drug-likeness (QED) is 0.291. The molecule has 5 nitrogen and oxygen atoms in total. The van der Waals surface area contributed by atoms with E-state index < -0.39 is 0 Å². The average Bonchev–Trinajstić information content (AvgIpc) is 3.15. The van der Waals surface area contributed by atoms with E-state index in [0.29, 0.717) is 12.6 Å². The van der Waals surface area contributed by atoms with Crippen molar-refractivity contribution in [3.63, 3.8) is 0 Å². The molecule has 1 aromatic rings. The first-order valence-electron chi connectivity index (χ1n) is 9.41. The molecular formula is C20H31IN4O. The number of guanidine groups is 1. The summed E-state index contributed by atoms with van der Waals surface area (Å²) in [7, 11) is 0. The van der Waals surface area contributed by atoms with Crippen LogP contribution in [0.2, 0.25) is 0 Å². The molecule has 0 amide bonds. The Morgan fingerprint density at radius 3 is 2.42 bits per heavy atom. The van der Waals surface area contributed by atoms with Gasteiger partial charge in [-0.15, -0.1) is 24.0 Å². The van der Waals surface area contributed by atoms with Gasteiger partial charge in [-0.2, -0.15) is 0 Å². The third kappa shape index (κ3) is 6.89. The molecule has 1 fully saturated rings. The van der Waals surface area contributed by atoms with Gasteiger partial charge in [-0.1, -0.05) is 36.4 Å². The van der Waals surface area contributed by atoms with E-state index >= 15 is 0 Å². The second-order valence-corrected chi connectivity index (χ2v) is 6.68. The molecule has 0 aromatic heterocycles. The smallest absolute Gasteiger partial charge is 0.191 e. The summed E-state index contributed by atoms with van der Waals surface area (Å²) in [4.78, 5) is 7.18. The summed E-state index contributed by atoms with van der Waals surface area (Å²) in [6.45, 7) is 8.45. The highest BCUT2D eigenvalue weighted by molar-refractivity contribution is 14.0. The summed E-state index contributed by atoms with van der Waals surface area (Å²) in [6, 6.07) is 9.32. The first-order chi connectivity index (χ1) is 12.3. The molecule has 0 unspecified atom stereocenters. The van der Waals surface area contributed by atoms with Gasteiger partial charge in [0.05, 0.1) is 19.8 Å². The molecule has 0 atom stereocenters. The number of morpholine rings is 1. The number of nitrogens with one attached hydrogen (secondary N) is 2. The van der Waals surface area contributed by atoms with Crippen LogP contribution in [-0.2, 0) is 17.8 Å². The first-order valence-corrected chi connectivity index (χ1v) is 9.41. The summed E-state index contributed by atoms with van der Waals surface area (Å²) in [5.74, 6) is 0.911. The monoisotopic (exact) mass is 470 g/mol. The van der Waals surface area contributed by atoms with Crippen molar-refractivity contribution in [3.05, 3.63) is 47.5 Å². The molecule has 1 saturated heterocycles. The summed E-state index contributed by atoms with van der Waals surface area (Å²) in [6.07, 6.45) is 6.63. The van der Waals surface area contributed by atoms with Crippen molar-refractivity contribution in [1.29, 1.82) is 0 Å².